The minimum absolute atomic E-state index is 0.148. The summed E-state index contributed by atoms with van der Waals surface area (Å²) in [4.78, 5) is 0.168. The van der Waals surface area contributed by atoms with Crippen LogP contribution >= 0.6 is 0 Å². The Labute approximate surface area is 106 Å². The normalized spacial score (nSPS) is 23.4. The molecule has 2 rings (SSSR count). The number of rotatable bonds is 4. The molecule has 0 amide bonds. The number of hydrogen-bond acceptors (Lipinski definition) is 5. The zero-order valence-corrected chi connectivity index (χ0v) is 10.9. The van der Waals surface area contributed by atoms with Gasteiger partial charge in [0.05, 0.1) is 22.4 Å². The molecule has 1 aromatic carbocycles. The molecular formula is C11H17N3O3S. The maximum Gasteiger partial charge on any atom is 0.240 e. The summed E-state index contributed by atoms with van der Waals surface area (Å²) in [6, 6.07) is 4.67. The molecule has 0 atom stereocenters. The van der Waals surface area contributed by atoms with Crippen LogP contribution in [0.15, 0.2) is 23.1 Å². The second kappa shape index (κ2) is 4.75. The standard InChI is InChI=1S/C11H17N3O3S/c1-13-18(16,17)9-2-3-10(12)11(6-9)14-7-4-8(15)5-7/h2-3,6-8,13-15H,4-5,12H2,1H3. The maximum atomic E-state index is 11.7. The summed E-state index contributed by atoms with van der Waals surface area (Å²) in [5.74, 6) is 0. The van der Waals surface area contributed by atoms with Gasteiger partial charge in [0.15, 0.2) is 0 Å². The zero-order chi connectivity index (χ0) is 13.3. The van der Waals surface area contributed by atoms with E-state index in [2.05, 4.69) is 10.0 Å². The summed E-state index contributed by atoms with van der Waals surface area (Å²) in [5.41, 5.74) is 6.87. The highest BCUT2D eigenvalue weighted by molar-refractivity contribution is 7.89. The quantitative estimate of drug-likeness (QED) is 0.582. The van der Waals surface area contributed by atoms with Gasteiger partial charge in [-0.2, -0.15) is 0 Å². The molecular weight excluding hydrogens is 254 g/mol. The Morgan fingerprint density at radius 3 is 2.61 bits per heavy atom. The van der Waals surface area contributed by atoms with Gasteiger partial charge in [-0.15, -0.1) is 0 Å². The van der Waals surface area contributed by atoms with E-state index in [4.69, 9.17) is 5.73 Å². The van der Waals surface area contributed by atoms with E-state index in [1.165, 1.54) is 19.2 Å². The number of benzene rings is 1. The molecule has 18 heavy (non-hydrogen) atoms. The van der Waals surface area contributed by atoms with Crippen LogP contribution < -0.4 is 15.8 Å². The van der Waals surface area contributed by atoms with Crippen molar-refractivity contribution in [1.82, 2.24) is 4.72 Å². The van der Waals surface area contributed by atoms with E-state index in [1.54, 1.807) is 6.07 Å². The molecule has 6 nitrogen and oxygen atoms in total. The number of nitrogens with two attached hydrogens (primary N) is 1. The third-order valence-corrected chi connectivity index (χ3v) is 4.49. The molecule has 0 saturated heterocycles. The molecule has 1 fully saturated rings. The van der Waals surface area contributed by atoms with Crippen LogP contribution in [0.3, 0.4) is 0 Å². The molecule has 7 heteroatoms. The second-order valence-electron chi connectivity index (χ2n) is 4.42. The number of aliphatic hydroxyl groups excluding tert-OH is 1. The number of sulfonamides is 1. The summed E-state index contributed by atoms with van der Waals surface area (Å²) in [6.07, 6.45) is 1.04. The van der Waals surface area contributed by atoms with Crippen molar-refractivity contribution in [3.63, 3.8) is 0 Å². The minimum Gasteiger partial charge on any atom is -0.397 e. The fourth-order valence-corrected chi connectivity index (χ4v) is 2.63. The van der Waals surface area contributed by atoms with Gasteiger partial charge in [0, 0.05) is 6.04 Å². The topological polar surface area (TPSA) is 104 Å². The van der Waals surface area contributed by atoms with E-state index < -0.39 is 10.0 Å². The van der Waals surface area contributed by atoms with Crippen molar-refractivity contribution in [2.75, 3.05) is 18.1 Å². The first-order chi connectivity index (χ1) is 8.42. The van der Waals surface area contributed by atoms with Crippen molar-refractivity contribution in [3.8, 4) is 0 Å². The molecule has 0 heterocycles. The Kier molecular flexibility index (Phi) is 3.47. The van der Waals surface area contributed by atoms with Crippen molar-refractivity contribution in [2.45, 2.75) is 29.9 Å². The SMILES string of the molecule is CNS(=O)(=O)c1ccc(N)c(NC2CC(O)C2)c1. The lowest BCUT2D eigenvalue weighted by molar-refractivity contribution is 0.0837. The summed E-state index contributed by atoms with van der Waals surface area (Å²) < 4.78 is 25.6. The lowest BCUT2D eigenvalue weighted by Crippen LogP contribution is -2.39. The van der Waals surface area contributed by atoms with Crippen molar-refractivity contribution in [2.24, 2.45) is 0 Å². The Morgan fingerprint density at radius 1 is 1.39 bits per heavy atom. The van der Waals surface area contributed by atoms with Gasteiger partial charge in [0.2, 0.25) is 10.0 Å². The molecule has 0 bridgehead atoms. The summed E-state index contributed by atoms with van der Waals surface area (Å²) in [6.45, 7) is 0. The first-order valence-corrected chi connectivity index (χ1v) is 7.18. The molecule has 1 aromatic rings. The van der Waals surface area contributed by atoms with E-state index in [9.17, 15) is 13.5 Å². The Morgan fingerprint density at radius 2 is 2.06 bits per heavy atom. The van der Waals surface area contributed by atoms with Crippen LogP contribution in [0.1, 0.15) is 12.8 Å². The van der Waals surface area contributed by atoms with Gasteiger partial charge in [0.1, 0.15) is 0 Å². The van der Waals surface area contributed by atoms with Crippen molar-refractivity contribution in [3.05, 3.63) is 18.2 Å². The van der Waals surface area contributed by atoms with Crippen molar-refractivity contribution in [1.29, 1.82) is 0 Å². The number of aliphatic hydroxyl groups is 1. The van der Waals surface area contributed by atoms with Gasteiger partial charge in [-0.3, -0.25) is 0 Å². The highest BCUT2D eigenvalue weighted by Gasteiger charge is 2.27. The number of nitrogen functional groups attached to an aromatic ring is 1. The van der Waals surface area contributed by atoms with Crippen LogP contribution in [0, 0.1) is 0 Å². The molecule has 0 unspecified atom stereocenters. The first kappa shape index (κ1) is 13.1. The molecule has 5 N–H and O–H groups in total. The van der Waals surface area contributed by atoms with E-state index in [0.29, 0.717) is 24.2 Å². The average Bonchev–Trinajstić information content (AvgIpc) is 2.29. The summed E-state index contributed by atoms with van der Waals surface area (Å²) in [7, 11) is -2.11. The monoisotopic (exact) mass is 271 g/mol. The van der Waals surface area contributed by atoms with Crippen LogP contribution in [-0.2, 0) is 10.0 Å². The predicted molar refractivity (Wildman–Crippen MR) is 69.8 cm³/mol. The minimum atomic E-state index is -3.47. The van der Waals surface area contributed by atoms with Gasteiger partial charge in [-0.25, -0.2) is 13.1 Å². The molecule has 1 aliphatic carbocycles. The molecule has 100 valence electrons. The van der Waals surface area contributed by atoms with Gasteiger partial charge < -0.3 is 16.2 Å². The van der Waals surface area contributed by atoms with E-state index in [0.717, 1.165) is 0 Å². The lowest BCUT2D eigenvalue weighted by Gasteiger charge is -2.33. The molecule has 0 aliphatic heterocycles. The van der Waals surface area contributed by atoms with Crippen LogP contribution in [0.25, 0.3) is 0 Å². The van der Waals surface area contributed by atoms with Crippen LogP contribution in [-0.4, -0.2) is 32.7 Å². The average molecular weight is 271 g/mol. The van der Waals surface area contributed by atoms with Crippen molar-refractivity contribution < 1.29 is 13.5 Å². The fraction of sp³-hybridized carbons (Fsp3) is 0.455. The Hall–Kier alpha value is -1.31. The Balaban J connectivity index is 2.22. The molecule has 1 saturated carbocycles. The lowest BCUT2D eigenvalue weighted by atomic mass is 9.89. The fourth-order valence-electron chi connectivity index (χ4n) is 1.87. The van der Waals surface area contributed by atoms with Crippen LogP contribution in [0.4, 0.5) is 11.4 Å². The maximum absolute atomic E-state index is 11.7. The highest BCUT2D eigenvalue weighted by atomic mass is 32.2. The molecule has 0 radical (unpaired) electrons. The van der Waals surface area contributed by atoms with Gasteiger partial charge in [0.25, 0.3) is 0 Å². The number of nitrogens with one attached hydrogen (secondary N) is 2. The van der Waals surface area contributed by atoms with Crippen molar-refractivity contribution >= 4 is 21.4 Å². The Bertz CT molecular complexity index is 538. The van der Waals surface area contributed by atoms with Crippen LogP contribution in [0.5, 0.6) is 0 Å². The zero-order valence-electron chi connectivity index (χ0n) is 10.1. The first-order valence-electron chi connectivity index (χ1n) is 5.70. The largest absolute Gasteiger partial charge is 0.397 e. The van der Waals surface area contributed by atoms with E-state index in [1.807, 2.05) is 0 Å². The van der Waals surface area contributed by atoms with Crippen LogP contribution in [0.2, 0.25) is 0 Å². The molecule has 0 spiro atoms. The molecule has 0 aromatic heterocycles. The number of hydrogen-bond donors (Lipinski definition) is 4. The second-order valence-corrected chi connectivity index (χ2v) is 6.31. The smallest absolute Gasteiger partial charge is 0.240 e. The third kappa shape index (κ3) is 2.58. The van der Waals surface area contributed by atoms with Gasteiger partial charge in [-0.05, 0) is 38.1 Å². The third-order valence-electron chi connectivity index (χ3n) is 3.08. The predicted octanol–water partition coefficient (Wildman–Crippen LogP) is 0.112. The highest BCUT2D eigenvalue weighted by Crippen LogP contribution is 2.28. The van der Waals surface area contributed by atoms with Gasteiger partial charge >= 0.3 is 0 Å². The summed E-state index contributed by atoms with van der Waals surface area (Å²) >= 11 is 0. The van der Waals surface area contributed by atoms with E-state index >= 15 is 0 Å². The van der Waals surface area contributed by atoms with Gasteiger partial charge in [-0.1, -0.05) is 0 Å². The number of anilines is 2. The summed E-state index contributed by atoms with van der Waals surface area (Å²) in [5, 5.41) is 12.3. The molecule has 1 aliphatic rings. The van der Waals surface area contributed by atoms with E-state index in [-0.39, 0.29) is 17.0 Å².